The lowest BCUT2D eigenvalue weighted by Gasteiger charge is -2.27. The van der Waals surface area contributed by atoms with Crippen molar-refractivity contribution in [3.8, 4) is 0 Å². The van der Waals surface area contributed by atoms with Gasteiger partial charge < -0.3 is 9.80 Å². The van der Waals surface area contributed by atoms with Gasteiger partial charge in [0.2, 0.25) is 5.91 Å². The zero-order chi connectivity index (χ0) is 18.7. The number of nitrogens with zero attached hydrogens (tertiary/aromatic N) is 6. The molecule has 0 aromatic carbocycles. The average molecular weight is 356 g/mol. The molecule has 0 spiro atoms. The largest absolute Gasteiger partial charge is 0.334 e. The van der Waals surface area contributed by atoms with Crippen LogP contribution in [0.15, 0.2) is 18.5 Å². The fraction of sp³-hybridized carbons (Fsp3) is 0.579. The van der Waals surface area contributed by atoms with Crippen molar-refractivity contribution in [2.24, 2.45) is 7.05 Å². The van der Waals surface area contributed by atoms with Crippen molar-refractivity contribution in [2.45, 2.75) is 45.2 Å². The van der Waals surface area contributed by atoms with Crippen LogP contribution in [0, 0.1) is 6.92 Å². The maximum absolute atomic E-state index is 12.9. The molecule has 0 aliphatic carbocycles. The maximum Gasteiger partial charge on any atom is 0.223 e. The Labute approximate surface area is 155 Å². The molecule has 2 aromatic heterocycles. The number of rotatable bonds is 6. The SMILES string of the molecule is Cc1ncc(CN(C)C)c([C@@H]2CCCN2C(=O)CCc2ccnn2C)n1. The minimum atomic E-state index is 0.0608. The van der Waals surface area contributed by atoms with Crippen LogP contribution in [0.3, 0.4) is 0 Å². The normalized spacial score (nSPS) is 17.3. The number of hydrogen-bond acceptors (Lipinski definition) is 5. The topological polar surface area (TPSA) is 67.2 Å². The fourth-order valence-electron chi connectivity index (χ4n) is 3.64. The monoisotopic (exact) mass is 356 g/mol. The van der Waals surface area contributed by atoms with E-state index in [1.165, 1.54) is 0 Å². The highest BCUT2D eigenvalue weighted by molar-refractivity contribution is 5.77. The summed E-state index contributed by atoms with van der Waals surface area (Å²) >= 11 is 0. The minimum Gasteiger partial charge on any atom is -0.334 e. The van der Waals surface area contributed by atoms with Gasteiger partial charge in [0.05, 0.1) is 11.7 Å². The molecule has 1 saturated heterocycles. The second kappa shape index (κ2) is 7.95. The summed E-state index contributed by atoms with van der Waals surface area (Å²) in [5.41, 5.74) is 3.20. The Morgan fingerprint density at radius 3 is 2.88 bits per heavy atom. The van der Waals surface area contributed by atoms with Gasteiger partial charge >= 0.3 is 0 Å². The van der Waals surface area contributed by atoms with E-state index >= 15 is 0 Å². The summed E-state index contributed by atoms with van der Waals surface area (Å²) in [6, 6.07) is 2.03. The molecule has 0 radical (unpaired) electrons. The van der Waals surface area contributed by atoms with E-state index in [9.17, 15) is 4.79 Å². The second-order valence-corrected chi connectivity index (χ2v) is 7.26. The summed E-state index contributed by atoms with van der Waals surface area (Å²) in [5.74, 6) is 0.956. The molecule has 3 rings (SSSR count). The predicted octanol–water partition coefficient (Wildman–Crippen LogP) is 1.88. The molecule has 1 amide bonds. The van der Waals surface area contributed by atoms with Gasteiger partial charge in [0, 0.05) is 50.2 Å². The van der Waals surface area contributed by atoms with Crippen molar-refractivity contribution < 1.29 is 4.79 Å². The molecule has 3 heterocycles. The summed E-state index contributed by atoms with van der Waals surface area (Å²) in [5, 5.41) is 4.17. The van der Waals surface area contributed by atoms with Crippen molar-refractivity contribution in [1.29, 1.82) is 0 Å². The standard InChI is InChI=1S/C19H28N6O/c1-14-20-12-15(13-23(2)3)19(22-14)17-6-5-11-25(17)18(26)8-7-16-9-10-21-24(16)4/h9-10,12,17H,5-8,11,13H2,1-4H3/t17-/m0/s1. The van der Waals surface area contributed by atoms with Crippen molar-refractivity contribution in [3.63, 3.8) is 0 Å². The zero-order valence-electron chi connectivity index (χ0n) is 16.1. The molecule has 1 aliphatic heterocycles. The highest BCUT2D eigenvalue weighted by Gasteiger charge is 2.32. The van der Waals surface area contributed by atoms with E-state index in [1.54, 1.807) is 6.20 Å². The van der Waals surface area contributed by atoms with Crippen molar-refractivity contribution in [1.82, 2.24) is 29.5 Å². The predicted molar refractivity (Wildman–Crippen MR) is 99.4 cm³/mol. The summed E-state index contributed by atoms with van der Waals surface area (Å²) in [6.45, 7) is 3.50. The van der Waals surface area contributed by atoms with Crippen molar-refractivity contribution in [2.75, 3.05) is 20.6 Å². The van der Waals surface area contributed by atoms with E-state index in [4.69, 9.17) is 4.98 Å². The number of carbonyl (C=O) groups is 1. The van der Waals surface area contributed by atoms with Crippen molar-refractivity contribution in [3.05, 3.63) is 41.2 Å². The molecule has 7 nitrogen and oxygen atoms in total. The lowest BCUT2D eigenvalue weighted by atomic mass is 10.0. The first-order chi connectivity index (χ1) is 12.5. The smallest absolute Gasteiger partial charge is 0.223 e. The molecule has 0 saturated carbocycles. The Bertz CT molecular complexity index is 769. The summed E-state index contributed by atoms with van der Waals surface area (Å²) < 4.78 is 1.83. The quantitative estimate of drug-likeness (QED) is 0.790. The molecule has 0 N–H and O–H groups in total. The number of carbonyl (C=O) groups excluding carboxylic acids is 1. The van der Waals surface area contributed by atoms with E-state index in [0.717, 1.165) is 48.7 Å². The van der Waals surface area contributed by atoms with Crippen LogP contribution in [-0.2, 0) is 24.8 Å². The van der Waals surface area contributed by atoms with E-state index in [-0.39, 0.29) is 11.9 Å². The first-order valence-electron chi connectivity index (χ1n) is 9.19. The molecule has 1 aliphatic rings. The molecule has 1 atom stereocenters. The highest BCUT2D eigenvalue weighted by Crippen LogP contribution is 2.33. The number of amides is 1. The molecular weight excluding hydrogens is 328 g/mol. The Kier molecular flexibility index (Phi) is 5.66. The first-order valence-corrected chi connectivity index (χ1v) is 9.19. The fourth-order valence-corrected chi connectivity index (χ4v) is 3.64. The third-order valence-corrected chi connectivity index (χ3v) is 4.91. The molecule has 0 bridgehead atoms. The Morgan fingerprint density at radius 1 is 1.38 bits per heavy atom. The van der Waals surface area contributed by atoms with Gasteiger partial charge in [0.25, 0.3) is 0 Å². The van der Waals surface area contributed by atoms with Crippen LogP contribution in [0.4, 0.5) is 0 Å². The summed E-state index contributed by atoms with van der Waals surface area (Å²) in [4.78, 5) is 26.1. The van der Waals surface area contributed by atoms with Crippen LogP contribution in [0.2, 0.25) is 0 Å². The zero-order valence-corrected chi connectivity index (χ0v) is 16.1. The third-order valence-electron chi connectivity index (χ3n) is 4.91. The number of aryl methyl sites for hydroxylation is 3. The third kappa shape index (κ3) is 4.09. The highest BCUT2D eigenvalue weighted by atomic mass is 16.2. The first kappa shape index (κ1) is 18.5. The van der Waals surface area contributed by atoms with E-state index in [2.05, 4.69) is 15.0 Å². The molecule has 1 fully saturated rings. The van der Waals surface area contributed by atoms with Gasteiger partial charge in [-0.3, -0.25) is 9.48 Å². The van der Waals surface area contributed by atoms with Crippen LogP contribution in [0.1, 0.15) is 48.1 Å². The second-order valence-electron chi connectivity index (χ2n) is 7.26. The van der Waals surface area contributed by atoms with Gasteiger partial charge in [0.15, 0.2) is 0 Å². The Balaban J connectivity index is 1.76. The van der Waals surface area contributed by atoms with Gasteiger partial charge in [-0.05, 0) is 46.3 Å². The lowest BCUT2D eigenvalue weighted by molar-refractivity contribution is -0.132. The van der Waals surface area contributed by atoms with E-state index in [1.807, 2.05) is 49.9 Å². The van der Waals surface area contributed by atoms with Gasteiger partial charge in [-0.25, -0.2) is 9.97 Å². The molecule has 140 valence electrons. The van der Waals surface area contributed by atoms with Crippen LogP contribution in [0.5, 0.6) is 0 Å². The van der Waals surface area contributed by atoms with Crippen LogP contribution in [-0.4, -0.2) is 56.1 Å². The number of aromatic nitrogens is 4. The van der Waals surface area contributed by atoms with Crippen LogP contribution in [0.25, 0.3) is 0 Å². The lowest BCUT2D eigenvalue weighted by Crippen LogP contribution is -2.32. The van der Waals surface area contributed by atoms with E-state index in [0.29, 0.717) is 12.8 Å². The van der Waals surface area contributed by atoms with Gasteiger partial charge in [-0.1, -0.05) is 0 Å². The molecule has 2 aromatic rings. The van der Waals surface area contributed by atoms with Crippen molar-refractivity contribution >= 4 is 5.91 Å². The minimum absolute atomic E-state index is 0.0608. The van der Waals surface area contributed by atoms with Crippen LogP contribution < -0.4 is 0 Å². The number of likely N-dealkylation sites (tertiary alicyclic amines) is 1. The average Bonchev–Trinajstić information content (AvgIpc) is 3.23. The molecule has 7 heteroatoms. The molecule has 0 unspecified atom stereocenters. The van der Waals surface area contributed by atoms with Crippen LogP contribution >= 0.6 is 0 Å². The number of hydrogen-bond donors (Lipinski definition) is 0. The van der Waals surface area contributed by atoms with Gasteiger partial charge in [-0.2, -0.15) is 5.10 Å². The summed E-state index contributed by atoms with van der Waals surface area (Å²) in [7, 11) is 5.99. The summed E-state index contributed by atoms with van der Waals surface area (Å²) in [6.07, 6.45) is 6.89. The Hall–Kier alpha value is -2.28. The Morgan fingerprint density at radius 2 is 2.19 bits per heavy atom. The van der Waals surface area contributed by atoms with Gasteiger partial charge in [0.1, 0.15) is 5.82 Å². The van der Waals surface area contributed by atoms with Gasteiger partial charge in [-0.15, -0.1) is 0 Å². The molecular formula is C19H28N6O. The maximum atomic E-state index is 12.9. The van der Waals surface area contributed by atoms with E-state index < -0.39 is 0 Å². The molecule has 26 heavy (non-hydrogen) atoms.